The first-order chi connectivity index (χ1) is 8.95. The van der Waals surface area contributed by atoms with E-state index in [9.17, 15) is 0 Å². The molecular formula is C13H9Cl3N2O. The number of hydrogen-bond acceptors (Lipinski definition) is 2. The lowest BCUT2D eigenvalue weighted by atomic mass is 10.2. The molecule has 0 aliphatic rings. The average molecular weight is 316 g/mol. The largest absolute Gasteiger partial charge is 0.456 e. The Morgan fingerprint density at radius 3 is 2.16 bits per heavy atom. The van der Waals surface area contributed by atoms with E-state index in [1.54, 1.807) is 36.4 Å². The van der Waals surface area contributed by atoms with Crippen LogP contribution in [0, 0.1) is 5.41 Å². The van der Waals surface area contributed by atoms with Gasteiger partial charge in [0.2, 0.25) is 0 Å². The van der Waals surface area contributed by atoms with Gasteiger partial charge >= 0.3 is 0 Å². The molecule has 0 saturated heterocycles. The minimum atomic E-state index is -0.134. The van der Waals surface area contributed by atoms with Crippen molar-refractivity contribution in [1.29, 1.82) is 5.41 Å². The highest BCUT2D eigenvalue weighted by atomic mass is 35.5. The lowest BCUT2D eigenvalue weighted by Gasteiger charge is -2.11. The monoisotopic (exact) mass is 314 g/mol. The summed E-state index contributed by atoms with van der Waals surface area (Å²) in [5, 5.41) is 8.90. The van der Waals surface area contributed by atoms with Crippen molar-refractivity contribution in [2.75, 3.05) is 0 Å². The maximum Gasteiger partial charge on any atom is 0.138 e. The van der Waals surface area contributed by atoms with E-state index in [2.05, 4.69) is 0 Å². The summed E-state index contributed by atoms with van der Waals surface area (Å²) in [6.45, 7) is 0. The number of nitrogens with two attached hydrogens (primary N) is 1. The summed E-state index contributed by atoms with van der Waals surface area (Å²) in [5.74, 6) is 0.739. The molecule has 2 aromatic rings. The van der Waals surface area contributed by atoms with Crippen LogP contribution in [0.25, 0.3) is 0 Å². The molecule has 0 spiro atoms. The van der Waals surface area contributed by atoms with Crippen LogP contribution in [-0.2, 0) is 0 Å². The molecule has 98 valence electrons. The van der Waals surface area contributed by atoms with Crippen LogP contribution in [0.5, 0.6) is 11.5 Å². The van der Waals surface area contributed by atoms with Gasteiger partial charge in [-0.05, 0) is 36.4 Å². The SMILES string of the molecule is N=C(N)c1cc(Cl)ccc1Oc1cc(Cl)cc(Cl)c1. The Bertz CT molecular complexity index is 624. The topological polar surface area (TPSA) is 59.1 Å². The maximum absolute atomic E-state index is 7.51. The van der Waals surface area contributed by atoms with E-state index in [1.165, 1.54) is 0 Å². The number of ether oxygens (including phenoxy) is 1. The van der Waals surface area contributed by atoms with Crippen LogP contribution in [-0.4, -0.2) is 5.84 Å². The van der Waals surface area contributed by atoms with Crippen molar-refractivity contribution in [3.8, 4) is 11.5 Å². The summed E-state index contributed by atoms with van der Waals surface area (Å²) in [4.78, 5) is 0. The highest BCUT2D eigenvalue weighted by Gasteiger charge is 2.09. The Hall–Kier alpha value is -1.42. The number of nitrogen functional groups attached to an aromatic ring is 1. The number of rotatable bonds is 3. The van der Waals surface area contributed by atoms with E-state index in [0.717, 1.165) is 0 Å². The first-order valence-corrected chi connectivity index (χ1v) is 6.37. The number of halogens is 3. The first-order valence-electron chi connectivity index (χ1n) is 5.23. The molecule has 3 N–H and O–H groups in total. The van der Waals surface area contributed by atoms with Gasteiger partial charge in [-0.25, -0.2) is 0 Å². The third kappa shape index (κ3) is 3.53. The zero-order valence-electron chi connectivity index (χ0n) is 9.58. The van der Waals surface area contributed by atoms with Gasteiger partial charge in [0.15, 0.2) is 0 Å². The molecule has 2 rings (SSSR count). The standard InChI is InChI=1S/C13H9Cl3N2O/c14-7-1-2-12(11(6-7)13(17)18)19-10-4-8(15)3-9(16)5-10/h1-6H,(H3,17,18). The van der Waals surface area contributed by atoms with E-state index in [0.29, 0.717) is 32.1 Å². The zero-order valence-corrected chi connectivity index (χ0v) is 11.9. The normalized spacial score (nSPS) is 10.3. The van der Waals surface area contributed by atoms with Gasteiger partial charge in [0.1, 0.15) is 17.3 Å². The molecular weight excluding hydrogens is 307 g/mol. The van der Waals surface area contributed by atoms with Crippen molar-refractivity contribution in [3.63, 3.8) is 0 Å². The third-order valence-corrected chi connectivity index (χ3v) is 2.97. The molecule has 3 nitrogen and oxygen atoms in total. The van der Waals surface area contributed by atoms with Gasteiger partial charge in [-0.3, -0.25) is 5.41 Å². The Morgan fingerprint density at radius 2 is 1.58 bits per heavy atom. The van der Waals surface area contributed by atoms with Crippen LogP contribution in [0.1, 0.15) is 5.56 Å². The average Bonchev–Trinajstić information content (AvgIpc) is 2.30. The number of hydrogen-bond donors (Lipinski definition) is 2. The fourth-order valence-electron chi connectivity index (χ4n) is 1.52. The molecule has 6 heteroatoms. The van der Waals surface area contributed by atoms with Crippen molar-refractivity contribution in [1.82, 2.24) is 0 Å². The minimum absolute atomic E-state index is 0.134. The lowest BCUT2D eigenvalue weighted by Crippen LogP contribution is -2.12. The summed E-state index contributed by atoms with van der Waals surface area (Å²) in [6, 6.07) is 9.68. The zero-order chi connectivity index (χ0) is 14.0. The summed E-state index contributed by atoms with van der Waals surface area (Å²) in [7, 11) is 0. The fourth-order valence-corrected chi connectivity index (χ4v) is 2.19. The van der Waals surface area contributed by atoms with E-state index in [-0.39, 0.29) is 5.84 Å². The van der Waals surface area contributed by atoms with E-state index in [1.807, 2.05) is 0 Å². The van der Waals surface area contributed by atoms with Crippen molar-refractivity contribution >= 4 is 40.6 Å². The van der Waals surface area contributed by atoms with Gasteiger partial charge in [-0.2, -0.15) is 0 Å². The molecule has 0 radical (unpaired) electrons. The van der Waals surface area contributed by atoms with E-state index >= 15 is 0 Å². The highest BCUT2D eigenvalue weighted by Crippen LogP contribution is 2.31. The summed E-state index contributed by atoms with van der Waals surface area (Å²) < 4.78 is 5.64. The lowest BCUT2D eigenvalue weighted by molar-refractivity contribution is 0.481. The van der Waals surface area contributed by atoms with E-state index in [4.69, 9.17) is 50.7 Å². The molecule has 0 unspecified atom stereocenters. The second-order valence-corrected chi connectivity index (χ2v) is 5.07. The van der Waals surface area contributed by atoms with E-state index < -0.39 is 0 Å². The second kappa shape index (κ2) is 5.70. The van der Waals surface area contributed by atoms with Gasteiger partial charge < -0.3 is 10.5 Å². The Kier molecular flexibility index (Phi) is 4.20. The van der Waals surface area contributed by atoms with Crippen molar-refractivity contribution in [3.05, 3.63) is 57.0 Å². The molecule has 0 fully saturated rings. The Labute approximate surface area is 125 Å². The summed E-state index contributed by atoms with van der Waals surface area (Å²) in [5.41, 5.74) is 5.90. The van der Waals surface area contributed by atoms with Gasteiger partial charge in [0.05, 0.1) is 5.56 Å². The maximum atomic E-state index is 7.51. The molecule has 0 heterocycles. The minimum Gasteiger partial charge on any atom is -0.456 e. The van der Waals surface area contributed by atoms with Crippen molar-refractivity contribution in [2.24, 2.45) is 5.73 Å². The molecule has 0 saturated carbocycles. The molecule has 0 bridgehead atoms. The quantitative estimate of drug-likeness (QED) is 0.636. The molecule has 0 aliphatic heterocycles. The van der Waals surface area contributed by atoms with Crippen molar-refractivity contribution in [2.45, 2.75) is 0 Å². The Balaban J connectivity index is 2.40. The predicted molar refractivity (Wildman–Crippen MR) is 79.0 cm³/mol. The fraction of sp³-hybridized carbons (Fsp3) is 0. The van der Waals surface area contributed by atoms with Crippen LogP contribution in [0.2, 0.25) is 15.1 Å². The van der Waals surface area contributed by atoms with Crippen LogP contribution in [0.15, 0.2) is 36.4 Å². The predicted octanol–water partition coefficient (Wildman–Crippen LogP) is 4.72. The molecule has 0 amide bonds. The second-order valence-electron chi connectivity index (χ2n) is 3.76. The highest BCUT2D eigenvalue weighted by molar-refractivity contribution is 6.34. The van der Waals surface area contributed by atoms with Crippen LogP contribution in [0.4, 0.5) is 0 Å². The molecule has 0 aromatic heterocycles. The van der Waals surface area contributed by atoms with Crippen LogP contribution in [0.3, 0.4) is 0 Å². The first kappa shape index (κ1) is 14.0. The summed E-state index contributed by atoms with van der Waals surface area (Å²) >= 11 is 17.6. The van der Waals surface area contributed by atoms with Gasteiger partial charge in [0.25, 0.3) is 0 Å². The number of benzene rings is 2. The van der Waals surface area contributed by atoms with Crippen LogP contribution >= 0.6 is 34.8 Å². The molecule has 0 aliphatic carbocycles. The molecule has 19 heavy (non-hydrogen) atoms. The Morgan fingerprint density at radius 1 is 0.947 bits per heavy atom. The summed E-state index contributed by atoms with van der Waals surface area (Å²) in [6.07, 6.45) is 0. The smallest absolute Gasteiger partial charge is 0.138 e. The van der Waals surface area contributed by atoms with Gasteiger partial charge in [0, 0.05) is 15.1 Å². The van der Waals surface area contributed by atoms with Gasteiger partial charge in [-0.1, -0.05) is 34.8 Å². The third-order valence-electron chi connectivity index (χ3n) is 2.30. The number of amidine groups is 1. The number of nitrogens with one attached hydrogen (secondary N) is 1. The van der Waals surface area contributed by atoms with Crippen molar-refractivity contribution < 1.29 is 4.74 Å². The van der Waals surface area contributed by atoms with Crippen LogP contribution < -0.4 is 10.5 Å². The molecule has 2 aromatic carbocycles. The molecule has 0 atom stereocenters. The van der Waals surface area contributed by atoms with Gasteiger partial charge in [-0.15, -0.1) is 0 Å².